The summed E-state index contributed by atoms with van der Waals surface area (Å²) in [6.45, 7) is 4.53. The third kappa shape index (κ3) is 4.95. The normalized spacial score (nSPS) is 10.3. The summed E-state index contributed by atoms with van der Waals surface area (Å²) in [7, 11) is 0. The van der Waals surface area contributed by atoms with Gasteiger partial charge < -0.3 is 15.0 Å². The highest BCUT2D eigenvalue weighted by Gasteiger charge is 2.17. The van der Waals surface area contributed by atoms with E-state index >= 15 is 0 Å². The van der Waals surface area contributed by atoms with Crippen LogP contribution in [0.3, 0.4) is 0 Å². The van der Waals surface area contributed by atoms with Crippen LogP contribution in [-0.2, 0) is 4.74 Å². The van der Waals surface area contributed by atoms with E-state index in [0.29, 0.717) is 24.5 Å². The standard InChI is InChI=1S/C22H22N4O3/c1-3-26(18-8-6-5-7-9-18)21(27)19-14-15-20(25-24-19)23-17-12-10-16(11-13-17)22(28)29-4-2/h5-15H,3-4H2,1-2H3,(H,23,25). The number of esters is 1. The molecular formula is C22H22N4O3. The van der Waals surface area contributed by atoms with E-state index in [1.807, 2.05) is 37.3 Å². The highest BCUT2D eigenvalue weighted by molar-refractivity contribution is 6.04. The van der Waals surface area contributed by atoms with Gasteiger partial charge in [-0.05, 0) is 62.4 Å². The Morgan fingerprint density at radius 2 is 1.66 bits per heavy atom. The van der Waals surface area contributed by atoms with E-state index in [1.165, 1.54) is 0 Å². The largest absolute Gasteiger partial charge is 0.462 e. The Morgan fingerprint density at radius 1 is 0.931 bits per heavy atom. The van der Waals surface area contributed by atoms with Crippen LogP contribution in [0.15, 0.2) is 66.7 Å². The summed E-state index contributed by atoms with van der Waals surface area (Å²) in [5, 5.41) is 11.2. The summed E-state index contributed by atoms with van der Waals surface area (Å²) < 4.78 is 4.96. The Morgan fingerprint density at radius 3 is 2.24 bits per heavy atom. The molecule has 0 saturated carbocycles. The molecule has 0 spiro atoms. The summed E-state index contributed by atoms with van der Waals surface area (Å²) in [6, 6.07) is 19.6. The zero-order valence-electron chi connectivity index (χ0n) is 16.3. The van der Waals surface area contributed by atoms with Crippen LogP contribution < -0.4 is 10.2 Å². The van der Waals surface area contributed by atoms with Crippen molar-refractivity contribution in [1.82, 2.24) is 10.2 Å². The molecule has 0 aliphatic rings. The van der Waals surface area contributed by atoms with Crippen LogP contribution in [0.1, 0.15) is 34.7 Å². The number of nitrogens with one attached hydrogen (secondary N) is 1. The molecule has 0 aliphatic heterocycles. The van der Waals surface area contributed by atoms with Gasteiger partial charge in [0, 0.05) is 17.9 Å². The molecule has 0 bridgehead atoms. The van der Waals surface area contributed by atoms with E-state index in [0.717, 1.165) is 11.4 Å². The summed E-state index contributed by atoms with van der Waals surface area (Å²) in [5.74, 6) is -0.0784. The van der Waals surface area contributed by atoms with Crippen LogP contribution in [0.25, 0.3) is 0 Å². The summed E-state index contributed by atoms with van der Waals surface area (Å²) in [5.41, 5.74) is 2.29. The van der Waals surface area contributed by atoms with Gasteiger partial charge in [0.05, 0.1) is 12.2 Å². The number of rotatable bonds is 7. The number of amides is 1. The first kappa shape index (κ1) is 20.0. The van der Waals surface area contributed by atoms with Crippen molar-refractivity contribution in [1.29, 1.82) is 0 Å². The minimum Gasteiger partial charge on any atom is -0.462 e. The van der Waals surface area contributed by atoms with Gasteiger partial charge in [-0.2, -0.15) is 0 Å². The van der Waals surface area contributed by atoms with Gasteiger partial charge in [0.25, 0.3) is 5.91 Å². The number of nitrogens with zero attached hydrogens (tertiary/aromatic N) is 3. The Balaban J connectivity index is 1.68. The third-order valence-electron chi connectivity index (χ3n) is 4.18. The highest BCUT2D eigenvalue weighted by Crippen LogP contribution is 2.18. The topological polar surface area (TPSA) is 84.4 Å². The number of para-hydroxylation sites is 1. The Labute approximate surface area is 169 Å². The Hall–Kier alpha value is -3.74. The molecule has 7 heteroatoms. The third-order valence-corrected chi connectivity index (χ3v) is 4.18. The predicted octanol–water partition coefficient (Wildman–Crippen LogP) is 4.06. The van der Waals surface area contributed by atoms with Crippen molar-refractivity contribution in [3.63, 3.8) is 0 Å². The van der Waals surface area contributed by atoms with Crippen molar-refractivity contribution in [2.45, 2.75) is 13.8 Å². The lowest BCUT2D eigenvalue weighted by Crippen LogP contribution is -2.31. The second-order valence-electron chi connectivity index (χ2n) is 6.11. The molecule has 3 aromatic rings. The maximum atomic E-state index is 12.8. The van der Waals surface area contributed by atoms with Gasteiger partial charge in [0.15, 0.2) is 11.5 Å². The van der Waals surface area contributed by atoms with Crippen molar-refractivity contribution in [2.24, 2.45) is 0 Å². The van der Waals surface area contributed by atoms with E-state index in [1.54, 1.807) is 48.2 Å². The fraction of sp³-hybridized carbons (Fsp3) is 0.182. The molecular weight excluding hydrogens is 368 g/mol. The summed E-state index contributed by atoms with van der Waals surface area (Å²) in [6.07, 6.45) is 0. The van der Waals surface area contributed by atoms with E-state index in [-0.39, 0.29) is 17.6 Å². The minimum absolute atomic E-state index is 0.212. The molecule has 1 N–H and O–H groups in total. The second-order valence-corrected chi connectivity index (χ2v) is 6.11. The summed E-state index contributed by atoms with van der Waals surface area (Å²) in [4.78, 5) is 26.1. The predicted molar refractivity (Wildman–Crippen MR) is 112 cm³/mol. The van der Waals surface area contributed by atoms with Gasteiger partial charge in [-0.25, -0.2) is 4.79 Å². The molecule has 7 nitrogen and oxygen atoms in total. The van der Waals surface area contributed by atoms with Gasteiger partial charge >= 0.3 is 5.97 Å². The first-order valence-corrected chi connectivity index (χ1v) is 9.37. The number of carbonyl (C=O) groups is 2. The highest BCUT2D eigenvalue weighted by atomic mass is 16.5. The molecule has 0 saturated heterocycles. The molecule has 148 valence electrons. The molecule has 0 radical (unpaired) electrons. The van der Waals surface area contributed by atoms with Gasteiger partial charge in [-0.1, -0.05) is 18.2 Å². The van der Waals surface area contributed by atoms with Crippen molar-refractivity contribution in [2.75, 3.05) is 23.4 Å². The Bertz CT molecular complexity index is 958. The lowest BCUT2D eigenvalue weighted by Gasteiger charge is -2.20. The molecule has 0 fully saturated rings. The average molecular weight is 390 g/mol. The number of ether oxygens (including phenoxy) is 1. The van der Waals surface area contributed by atoms with Crippen molar-refractivity contribution in [3.8, 4) is 0 Å². The number of benzene rings is 2. The van der Waals surface area contributed by atoms with Gasteiger partial charge in [0.2, 0.25) is 0 Å². The molecule has 1 amide bonds. The SMILES string of the molecule is CCOC(=O)c1ccc(Nc2ccc(C(=O)N(CC)c3ccccc3)nn2)cc1. The van der Waals surface area contributed by atoms with Gasteiger partial charge in [-0.3, -0.25) is 4.79 Å². The number of anilines is 3. The summed E-state index contributed by atoms with van der Waals surface area (Å²) >= 11 is 0. The number of hydrogen-bond acceptors (Lipinski definition) is 6. The van der Waals surface area contributed by atoms with Crippen molar-refractivity contribution < 1.29 is 14.3 Å². The fourth-order valence-corrected chi connectivity index (χ4v) is 2.75. The van der Waals surface area contributed by atoms with Crippen LogP contribution in [0.2, 0.25) is 0 Å². The molecule has 0 aliphatic carbocycles. The first-order valence-electron chi connectivity index (χ1n) is 9.37. The van der Waals surface area contributed by atoms with E-state index < -0.39 is 0 Å². The zero-order chi connectivity index (χ0) is 20.6. The van der Waals surface area contributed by atoms with Crippen LogP contribution in [0.4, 0.5) is 17.2 Å². The lowest BCUT2D eigenvalue weighted by molar-refractivity contribution is 0.0526. The van der Waals surface area contributed by atoms with Crippen molar-refractivity contribution >= 4 is 29.1 Å². The smallest absolute Gasteiger partial charge is 0.338 e. The molecule has 1 heterocycles. The second kappa shape index (κ2) is 9.45. The molecule has 3 rings (SSSR count). The van der Waals surface area contributed by atoms with Crippen LogP contribution >= 0.6 is 0 Å². The van der Waals surface area contributed by atoms with E-state index in [9.17, 15) is 9.59 Å². The number of carbonyl (C=O) groups excluding carboxylic acids is 2. The molecule has 0 atom stereocenters. The minimum atomic E-state index is -0.361. The van der Waals surface area contributed by atoms with Crippen LogP contribution in [-0.4, -0.2) is 35.2 Å². The van der Waals surface area contributed by atoms with E-state index in [4.69, 9.17) is 4.74 Å². The lowest BCUT2D eigenvalue weighted by atomic mass is 10.2. The average Bonchev–Trinajstić information content (AvgIpc) is 2.76. The number of aromatic nitrogens is 2. The van der Waals surface area contributed by atoms with E-state index in [2.05, 4.69) is 15.5 Å². The Kier molecular flexibility index (Phi) is 6.52. The molecule has 2 aromatic carbocycles. The number of hydrogen-bond donors (Lipinski definition) is 1. The monoisotopic (exact) mass is 390 g/mol. The molecule has 29 heavy (non-hydrogen) atoms. The van der Waals surface area contributed by atoms with Gasteiger partial charge in [0.1, 0.15) is 0 Å². The molecule has 0 unspecified atom stereocenters. The fourth-order valence-electron chi connectivity index (χ4n) is 2.75. The van der Waals surface area contributed by atoms with Gasteiger partial charge in [-0.15, -0.1) is 10.2 Å². The maximum Gasteiger partial charge on any atom is 0.338 e. The first-order chi connectivity index (χ1) is 14.1. The van der Waals surface area contributed by atoms with Crippen LogP contribution in [0, 0.1) is 0 Å². The quantitative estimate of drug-likeness (QED) is 0.613. The van der Waals surface area contributed by atoms with Crippen LogP contribution in [0.5, 0.6) is 0 Å². The zero-order valence-corrected chi connectivity index (χ0v) is 16.3. The van der Waals surface area contributed by atoms with Crippen molar-refractivity contribution in [3.05, 3.63) is 78.0 Å². The molecule has 1 aromatic heterocycles. The maximum absolute atomic E-state index is 12.8.